The number of carbonyl (C=O) groups excluding carboxylic acids is 1. The number of hydrogen-bond donors (Lipinski definition) is 1. The molecule has 1 aromatic heterocycles. The lowest BCUT2D eigenvalue weighted by atomic mass is 10.2. The van der Waals surface area contributed by atoms with Crippen LogP contribution in [0.2, 0.25) is 5.02 Å². The molecule has 0 spiro atoms. The van der Waals surface area contributed by atoms with Crippen molar-refractivity contribution < 1.29 is 13.7 Å². The van der Waals surface area contributed by atoms with E-state index >= 15 is 0 Å². The molecule has 132 valence electrons. The maximum atomic E-state index is 12.5. The first-order valence-corrected chi connectivity index (χ1v) is 9.84. The van der Waals surface area contributed by atoms with Gasteiger partial charge in [0.2, 0.25) is 0 Å². The number of nitrogens with one attached hydrogen (secondary N) is 1. The standard InChI is InChI=1S/C18H19ClN2O3S/c19-17-11-20-7-4-16(17)18(22)21-14-3-1-2-13(10-14)12-25(23)15-5-8-24-9-6-15/h1-4,7,10-11,15H,5-6,8-9,12H2,(H,21,22). The van der Waals surface area contributed by atoms with Gasteiger partial charge in [-0.1, -0.05) is 23.7 Å². The molecule has 1 atom stereocenters. The quantitative estimate of drug-likeness (QED) is 0.865. The van der Waals surface area contributed by atoms with E-state index in [0.717, 1.165) is 18.4 Å². The van der Waals surface area contributed by atoms with E-state index in [9.17, 15) is 9.00 Å². The highest BCUT2D eigenvalue weighted by Crippen LogP contribution is 2.20. The van der Waals surface area contributed by atoms with Crippen molar-refractivity contribution in [2.45, 2.75) is 23.8 Å². The summed E-state index contributed by atoms with van der Waals surface area (Å²) < 4.78 is 17.8. The highest BCUT2D eigenvalue weighted by Gasteiger charge is 2.20. The molecule has 0 saturated carbocycles. The molecule has 0 aliphatic carbocycles. The molecule has 1 fully saturated rings. The van der Waals surface area contributed by atoms with Crippen molar-refractivity contribution in [3.63, 3.8) is 0 Å². The summed E-state index contributed by atoms with van der Waals surface area (Å²) >= 11 is 6.00. The number of benzene rings is 1. The lowest BCUT2D eigenvalue weighted by molar-refractivity contribution is 0.0991. The summed E-state index contributed by atoms with van der Waals surface area (Å²) in [4.78, 5) is 16.2. The van der Waals surface area contributed by atoms with Crippen LogP contribution in [-0.4, -0.2) is 33.6 Å². The molecule has 2 aromatic rings. The zero-order valence-corrected chi connectivity index (χ0v) is 15.2. The monoisotopic (exact) mass is 378 g/mol. The third kappa shape index (κ3) is 4.87. The zero-order chi connectivity index (χ0) is 17.6. The summed E-state index contributed by atoms with van der Waals surface area (Å²) in [5.41, 5.74) is 1.95. The number of halogens is 1. The Bertz CT molecular complexity index is 778. The maximum absolute atomic E-state index is 12.5. The Kier molecular flexibility index (Phi) is 6.18. The van der Waals surface area contributed by atoms with Gasteiger partial charge in [0.15, 0.2) is 0 Å². The van der Waals surface area contributed by atoms with E-state index < -0.39 is 10.8 Å². The topological polar surface area (TPSA) is 68.3 Å². The summed E-state index contributed by atoms with van der Waals surface area (Å²) in [6.07, 6.45) is 4.63. The highest BCUT2D eigenvalue weighted by molar-refractivity contribution is 7.84. The predicted octanol–water partition coefficient (Wildman–Crippen LogP) is 3.42. The van der Waals surface area contributed by atoms with E-state index in [1.54, 1.807) is 12.1 Å². The Morgan fingerprint density at radius 1 is 1.32 bits per heavy atom. The van der Waals surface area contributed by atoms with Crippen LogP contribution in [0.25, 0.3) is 0 Å². The molecular formula is C18H19ClN2O3S. The van der Waals surface area contributed by atoms with E-state index in [-0.39, 0.29) is 11.2 Å². The highest BCUT2D eigenvalue weighted by atomic mass is 35.5. The van der Waals surface area contributed by atoms with Gasteiger partial charge in [-0.3, -0.25) is 14.0 Å². The molecule has 25 heavy (non-hydrogen) atoms. The van der Waals surface area contributed by atoms with Gasteiger partial charge < -0.3 is 10.1 Å². The van der Waals surface area contributed by atoms with E-state index in [1.165, 1.54) is 12.4 Å². The summed E-state index contributed by atoms with van der Waals surface area (Å²) in [6.45, 7) is 1.36. The molecule has 1 N–H and O–H groups in total. The van der Waals surface area contributed by atoms with Crippen molar-refractivity contribution in [1.82, 2.24) is 4.98 Å². The first-order chi connectivity index (χ1) is 12.1. The van der Waals surface area contributed by atoms with Crippen molar-refractivity contribution in [2.75, 3.05) is 18.5 Å². The normalized spacial score (nSPS) is 16.4. The van der Waals surface area contributed by atoms with E-state index in [4.69, 9.17) is 16.3 Å². The second kappa shape index (κ2) is 8.56. The summed E-state index contributed by atoms with van der Waals surface area (Å²) in [5, 5.41) is 3.31. The van der Waals surface area contributed by atoms with Crippen LogP contribution >= 0.6 is 11.6 Å². The summed E-state index contributed by atoms with van der Waals surface area (Å²) in [5.74, 6) is 0.180. The number of nitrogens with zero attached hydrogens (tertiary/aromatic N) is 1. The Morgan fingerprint density at radius 2 is 2.12 bits per heavy atom. The molecule has 5 nitrogen and oxygen atoms in total. The fourth-order valence-electron chi connectivity index (χ4n) is 2.72. The summed E-state index contributed by atoms with van der Waals surface area (Å²) in [7, 11) is -0.940. The predicted molar refractivity (Wildman–Crippen MR) is 99.3 cm³/mol. The summed E-state index contributed by atoms with van der Waals surface area (Å²) in [6, 6.07) is 8.99. The Labute approximate surface area is 154 Å². The van der Waals surface area contributed by atoms with Crippen molar-refractivity contribution in [1.29, 1.82) is 0 Å². The van der Waals surface area contributed by atoms with Crippen LogP contribution in [0.1, 0.15) is 28.8 Å². The Balaban J connectivity index is 1.66. The van der Waals surface area contributed by atoms with Gasteiger partial charge in [-0.15, -0.1) is 0 Å². The Hall–Kier alpha value is -1.76. The van der Waals surface area contributed by atoms with Gasteiger partial charge in [0, 0.05) is 53.1 Å². The van der Waals surface area contributed by atoms with Crippen LogP contribution < -0.4 is 5.32 Å². The van der Waals surface area contributed by atoms with Gasteiger partial charge in [-0.05, 0) is 36.6 Å². The molecule has 1 unspecified atom stereocenters. The van der Waals surface area contributed by atoms with Gasteiger partial charge in [0.05, 0.1) is 10.6 Å². The van der Waals surface area contributed by atoms with Crippen molar-refractivity contribution in [2.24, 2.45) is 0 Å². The van der Waals surface area contributed by atoms with Gasteiger partial charge in [0.25, 0.3) is 5.91 Å². The number of amides is 1. The molecule has 0 bridgehead atoms. The minimum absolute atomic E-state index is 0.183. The third-order valence-electron chi connectivity index (χ3n) is 4.05. The number of aromatic nitrogens is 1. The molecule has 1 aromatic carbocycles. The van der Waals surface area contributed by atoms with Crippen LogP contribution in [0.4, 0.5) is 5.69 Å². The first-order valence-electron chi connectivity index (χ1n) is 8.08. The number of ether oxygens (including phenoxy) is 1. The average Bonchev–Trinajstić information content (AvgIpc) is 2.63. The maximum Gasteiger partial charge on any atom is 0.257 e. The van der Waals surface area contributed by atoms with Gasteiger partial charge in [-0.25, -0.2) is 0 Å². The largest absolute Gasteiger partial charge is 0.381 e. The van der Waals surface area contributed by atoms with E-state index in [0.29, 0.717) is 35.2 Å². The number of rotatable bonds is 5. The Morgan fingerprint density at radius 3 is 2.88 bits per heavy atom. The lowest BCUT2D eigenvalue weighted by Crippen LogP contribution is -2.25. The molecule has 1 aliphatic rings. The molecular weight excluding hydrogens is 360 g/mol. The SMILES string of the molecule is O=C(Nc1cccc(CS(=O)C2CCOCC2)c1)c1ccncc1Cl. The number of hydrogen-bond acceptors (Lipinski definition) is 4. The lowest BCUT2D eigenvalue weighted by Gasteiger charge is -2.21. The molecule has 1 amide bonds. The zero-order valence-electron chi connectivity index (χ0n) is 13.6. The number of anilines is 1. The average molecular weight is 379 g/mol. The molecule has 3 rings (SSSR count). The minimum atomic E-state index is -0.940. The van der Waals surface area contributed by atoms with Crippen LogP contribution in [0.15, 0.2) is 42.7 Å². The van der Waals surface area contributed by atoms with Crippen molar-refractivity contribution >= 4 is 34.0 Å². The molecule has 0 radical (unpaired) electrons. The third-order valence-corrected chi connectivity index (χ3v) is 6.18. The van der Waals surface area contributed by atoms with Gasteiger partial charge in [0.1, 0.15) is 0 Å². The first kappa shape index (κ1) is 18.0. The molecule has 2 heterocycles. The smallest absolute Gasteiger partial charge is 0.257 e. The van der Waals surface area contributed by atoms with Crippen LogP contribution in [-0.2, 0) is 21.3 Å². The fraction of sp³-hybridized carbons (Fsp3) is 0.333. The second-order valence-corrected chi connectivity index (χ2v) is 7.97. The van der Waals surface area contributed by atoms with E-state index in [2.05, 4.69) is 10.3 Å². The number of pyridine rings is 1. The minimum Gasteiger partial charge on any atom is -0.381 e. The van der Waals surface area contributed by atoms with Crippen molar-refractivity contribution in [3.05, 3.63) is 58.9 Å². The molecule has 1 saturated heterocycles. The van der Waals surface area contributed by atoms with Crippen LogP contribution in [0, 0.1) is 0 Å². The fourth-order valence-corrected chi connectivity index (χ4v) is 4.38. The van der Waals surface area contributed by atoms with E-state index in [1.807, 2.05) is 18.2 Å². The number of carbonyl (C=O) groups is 1. The van der Waals surface area contributed by atoms with Gasteiger partial charge in [-0.2, -0.15) is 0 Å². The van der Waals surface area contributed by atoms with Crippen molar-refractivity contribution in [3.8, 4) is 0 Å². The second-order valence-electron chi connectivity index (χ2n) is 5.85. The van der Waals surface area contributed by atoms with Crippen LogP contribution in [0.5, 0.6) is 0 Å². The molecule has 7 heteroatoms. The molecule has 1 aliphatic heterocycles. The van der Waals surface area contributed by atoms with Gasteiger partial charge >= 0.3 is 0 Å². The van der Waals surface area contributed by atoms with Crippen LogP contribution in [0.3, 0.4) is 0 Å².